The molecule has 5 heteroatoms. The number of hydrogen-bond donors (Lipinski definition) is 1. The maximum absolute atomic E-state index is 9.00. The van der Waals surface area contributed by atoms with Crippen LogP contribution in [0, 0.1) is 25.2 Å². The molecule has 0 unspecified atom stereocenters. The third-order valence-electron chi connectivity index (χ3n) is 2.57. The number of nitriles is 1. The smallest absolute Gasteiger partial charge is 0.151 e. The van der Waals surface area contributed by atoms with Crippen molar-refractivity contribution in [3.05, 3.63) is 45.8 Å². The Balaban J connectivity index is 2.44. The monoisotopic (exact) mass is 302 g/mol. The normalized spacial score (nSPS) is 9.89. The molecular formula is C13H11BrN4. The van der Waals surface area contributed by atoms with Gasteiger partial charge >= 0.3 is 0 Å². The lowest BCUT2D eigenvalue weighted by Gasteiger charge is -2.13. The van der Waals surface area contributed by atoms with E-state index in [-0.39, 0.29) is 0 Å². The van der Waals surface area contributed by atoms with Gasteiger partial charge in [-0.15, -0.1) is 0 Å². The zero-order chi connectivity index (χ0) is 13.1. The fourth-order valence-electron chi connectivity index (χ4n) is 1.74. The summed E-state index contributed by atoms with van der Waals surface area (Å²) in [6.45, 7) is 4.01. The molecule has 1 aromatic carbocycles. The van der Waals surface area contributed by atoms with E-state index < -0.39 is 0 Å². The Morgan fingerprint density at radius 1 is 1.28 bits per heavy atom. The molecule has 1 N–H and O–H groups in total. The molecule has 0 aliphatic rings. The number of hydrogen-bond acceptors (Lipinski definition) is 4. The van der Waals surface area contributed by atoms with Crippen molar-refractivity contribution in [1.82, 2.24) is 9.97 Å². The molecule has 18 heavy (non-hydrogen) atoms. The van der Waals surface area contributed by atoms with Gasteiger partial charge in [0, 0.05) is 10.2 Å². The van der Waals surface area contributed by atoms with Crippen molar-refractivity contribution in [2.45, 2.75) is 13.8 Å². The van der Waals surface area contributed by atoms with E-state index in [4.69, 9.17) is 5.26 Å². The lowest BCUT2D eigenvalue weighted by Crippen LogP contribution is -2.01. The van der Waals surface area contributed by atoms with Crippen LogP contribution in [0.2, 0.25) is 0 Å². The van der Waals surface area contributed by atoms with E-state index in [0.29, 0.717) is 11.4 Å². The Kier molecular flexibility index (Phi) is 3.58. The number of benzene rings is 1. The van der Waals surface area contributed by atoms with Gasteiger partial charge in [-0.2, -0.15) is 5.26 Å². The minimum absolute atomic E-state index is 0.430. The molecule has 2 rings (SSSR count). The standard InChI is InChI=1S/C13H11BrN4/c1-8-3-11(14)4-9(2)12(8)18-13-10(5-15)6-16-7-17-13/h3-4,6-7H,1-2H3,(H,16,17,18). The molecule has 0 atom stereocenters. The third kappa shape index (κ3) is 2.49. The number of nitrogens with zero attached hydrogens (tertiary/aromatic N) is 3. The van der Waals surface area contributed by atoms with E-state index in [1.807, 2.05) is 26.0 Å². The molecule has 0 aliphatic carbocycles. The zero-order valence-electron chi connectivity index (χ0n) is 10.0. The second-order valence-electron chi connectivity index (χ2n) is 3.94. The molecule has 0 saturated heterocycles. The first-order valence-corrected chi connectivity index (χ1v) is 6.15. The average molecular weight is 303 g/mol. The molecule has 90 valence electrons. The van der Waals surface area contributed by atoms with Crippen LogP contribution in [0.4, 0.5) is 11.5 Å². The van der Waals surface area contributed by atoms with Crippen molar-refractivity contribution in [3.63, 3.8) is 0 Å². The van der Waals surface area contributed by atoms with Crippen LogP contribution in [0.5, 0.6) is 0 Å². The van der Waals surface area contributed by atoms with Crippen molar-refractivity contribution in [3.8, 4) is 6.07 Å². The summed E-state index contributed by atoms with van der Waals surface area (Å²) in [7, 11) is 0. The molecule has 0 amide bonds. The van der Waals surface area contributed by atoms with Gasteiger partial charge in [0.05, 0.1) is 6.20 Å². The molecule has 1 aromatic heterocycles. The second kappa shape index (κ2) is 5.15. The van der Waals surface area contributed by atoms with E-state index in [2.05, 4.69) is 37.3 Å². The maximum atomic E-state index is 9.00. The molecule has 0 radical (unpaired) electrons. The Morgan fingerprint density at radius 3 is 2.56 bits per heavy atom. The number of aryl methyl sites for hydroxylation is 2. The summed E-state index contributed by atoms with van der Waals surface area (Å²) in [4.78, 5) is 7.93. The summed E-state index contributed by atoms with van der Waals surface area (Å²) >= 11 is 3.45. The lowest BCUT2D eigenvalue weighted by molar-refractivity contribution is 1.15. The van der Waals surface area contributed by atoms with Gasteiger partial charge in [0.15, 0.2) is 5.82 Å². The van der Waals surface area contributed by atoms with Gasteiger partial charge in [0.25, 0.3) is 0 Å². The van der Waals surface area contributed by atoms with Crippen molar-refractivity contribution in [2.24, 2.45) is 0 Å². The second-order valence-corrected chi connectivity index (χ2v) is 4.85. The summed E-state index contributed by atoms with van der Waals surface area (Å²) in [5, 5.41) is 12.2. The van der Waals surface area contributed by atoms with Gasteiger partial charge in [0.2, 0.25) is 0 Å². The minimum atomic E-state index is 0.430. The highest BCUT2D eigenvalue weighted by Crippen LogP contribution is 2.28. The molecule has 4 nitrogen and oxygen atoms in total. The number of halogens is 1. The van der Waals surface area contributed by atoms with E-state index in [1.165, 1.54) is 12.5 Å². The molecule has 0 aliphatic heterocycles. The molecule has 2 aromatic rings. The first kappa shape index (κ1) is 12.5. The van der Waals surface area contributed by atoms with Gasteiger partial charge in [-0.05, 0) is 37.1 Å². The lowest BCUT2D eigenvalue weighted by atomic mass is 10.1. The summed E-state index contributed by atoms with van der Waals surface area (Å²) < 4.78 is 1.03. The van der Waals surface area contributed by atoms with E-state index in [0.717, 1.165) is 21.3 Å². The predicted octanol–water partition coefficient (Wildman–Crippen LogP) is 3.47. The van der Waals surface area contributed by atoms with E-state index in [9.17, 15) is 0 Å². The Labute approximate surface area is 114 Å². The molecule has 0 spiro atoms. The predicted molar refractivity (Wildman–Crippen MR) is 73.6 cm³/mol. The van der Waals surface area contributed by atoms with E-state index >= 15 is 0 Å². The Bertz CT molecular complexity index is 608. The number of nitrogens with one attached hydrogen (secondary N) is 1. The first-order chi connectivity index (χ1) is 8.61. The number of rotatable bonds is 2. The van der Waals surface area contributed by atoms with Gasteiger partial charge in [-0.3, -0.25) is 0 Å². The van der Waals surface area contributed by atoms with Crippen LogP contribution in [-0.4, -0.2) is 9.97 Å². The van der Waals surface area contributed by atoms with Gasteiger partial charge in [-0.1, -0.05) is 15.9 Å². The summed E-state index contributed by atoms with van der Waals surface area (Å²) in [6, 6.07) is 6.10. The topological polar surface area (TPSA) is 61.6 Å². The van der Waals surface area contributed by atoms with Crippen LogP contribution in [0.1, 0.15) is 16.7 Å². The van der Waals surface area contributed by atoms with Crippen LogP contribution in [-0.2, 0) is 0 Å². The quantitative estimate of drug-likeness (QED) is 0.922. The van der Waals surface area contributed by atoms with E-state index in [1.54, 1.807) is 0 Å². The van der Waals surface area contributed by atoms with Gasteiger partial charge < -0.3 is 5.32 Å². The van der Waals surface area contributed by atoms with Crippen LogP contribution in [0.3, 0.4) is 0 Å². The molecule has 1 heterocycles. The molecule has 0 saturated carbocycles. The number of anilines is 2. The third-order valence-corrected chi connectivity index (χ3v) is 3.03. The zero-order valence-corrected chi connectivity index (χ0v) is 11.6. The average Bonchev–Trinajstić information content (AvgIpc) is 2.34. The summed E-state index contributed by atoms with van der Waals surface area (Å²) in [5.41, 5.74) is 3.57. The first-order valence-electron chi connectivity index (χ1n) is 5.35. The molecular weight excluding hydrogens is 292 g/mol. The Morgan fingerprint density at radius 2 is 1.94 bits per heavy atom. The highest BCUT2D eigenvalue weighted by Gasteiger charge is 2.08. The largest absolute Gasteiger partial charge is 0.339 e. The maximum Gasteiger partial charge on any atom is 0.151 e. The SMILES string of the molecule is Cc1cc(Br)cc(C)c1Nc1ncncc1C#N. The summed E-state index contributed by atoms with van der Waals surface area (Å²) in [6.07, 6.45) is 2.92. The Hall–Kier alpha value is -1.93. The minimum Gasteiger partial charge on any atom is -0.339 e. The van der Waals surface area contributed by atoms with Crippen molar-refractivity contribution < 1.29 is 0 Å². The van der Waals surface area contributed by atoms with Crippen LogP contribution in [0.25, 0.3) is 0 Å². The summed E-state index contributed by atoms with van der Waals surface area (Å²) in [5.74, 6) is 0.529. The number of aromatic nitrogens is 2. The van der Waals surface area contributed by atoms with Crippen LogP contribution < -0.4 is 5.32 Å². The fourth-order valence-corrected chi connectivity index (χ4v) is 2.42. The van der Waals surface area contributed by atoms with Gasteiger partial charge in [-0.25, -0.2) is 9.97 Å². The van der Waals surface area contributed by atoms with Crippen LogP contribution in [0.15, 0.2) is 29.1 Å². The molecule has 0 fully saturated rings. The van der Waals surface area contributed by atoms with Gasteiger partial charge in [0.1, 0.15) is 18.0 Å². The highest BCUT2D eigenvalue weighted by atomic mass is 79.9. The van der Waals surface area contributed by atoms with Crippen LogP contribution >= 0.6 is 15.9 Å². The van der Waals surface area contributed by atoms with Crippen molar-refractivity contribution in [1.29, 1.82) is 5.26 Å². The fraction of sp³-hybridized carbons (Fsp3) is 0.154. The molecule has 0 bridgehead atoms. The highest BCUT2D eigenvalue weighted by molar-refractivity contribution is 9.10. The van der Waals surface area contributed by atoms with Crippen molar-refractivity contribution in [2.75, 3.05) is 5.32 Å². The van der Waals surface area contributed by atoms with Crippen molar-refractivity contribution >= 4 is 27.4 Å².